The molecule has 0 saturated heterocycles. The number of phenols is 1. The molecule has 1 saturated carbocycles. The van der Waals surface area contributed by atoms with E-state index in [1.807, 2.05) is 6.33 Å². The summed E-state index contributed by atoms with van der Waals surface area (Å²) in [5.74, 6) is 1.41. The third-order valence-corrected chi connectivity index (χ3v) is 6.41. The largest absolute Gasteiger partial charge is 0.508 e. The molecule has 2 aromatic heterocycles. The van der Waals surface area contributed by atoms with Gasteiger partial charge in [0.05, 0.1) is 6.33 Å². The first-order valence-corrected chi connectivity index (χ1v) is 11.6. The number of nitrogen functional groups attached to an aromatic ring is 1. The summed E-state index contributed by atoms with van der Waals surface area (Å²) in [5, 5.41) is 17.0. The van der Waals surface area contributed by atoms with Gasteiger partial charge in [0.15, 0.2) is 17.0 Å². The topological polar surface area (TPSA) is 140 Å². The van der Waals surface area contributed by atoms with Gasteiger partial charge in [-0.2, -0.15) is 9.97 Å². The van der Waals surface area contributed by atoms with Crippen LogP contribution < -0.4 is 22.1 Å². The molecule has 0 amide bonds. The van der Waals surface area contributed by atoms with E-state index in [2.05, 4.69) is 34.0 Å². The number of nitrogens with one attached hydrogen (secondary N) is 2. The second-order valence-corrected chi connectivity index (χ2v) is 8.69. The molecule has 0 bridgehead atoms. The maximum Gasteiger partial charge on any atom is 0.227 e. The van der Waals surface area contributed by atoms with Crippen molar-refractivity contribution in [2.24, 2.45) is 5.73 Å². The van der Waals surface area contributed by atoms with Crippen molar-refractivity contribution in [1.82, 2.24) is 19.5 Å². The summed E-state index contributed by atoms with van der Waals surface area (Å²) in [6, 6.07) is 5.95. The molecular weight excluding hydrogens is 404 g/mol. The zero-order valence-corrected chi connectivity index (χ0v) is 18.9. The lowest BCUT2D eigenvalue weighted by Gasteiger charge is -2.27. The Morgan fingerprint density at radius 1 is 1.16 bits per heavy atom. The van der Waals surface area contributed by atoms with Crippen molar-refractivity contribution in [1.29, 1.82) is 0 Å². The van der Waals surface area contributed by atoms with Crippen LogP contribution >= 0.6 is 0 Å². The molecule has 1 aromatic carbocycles. The van der Waals surface area contributed by atoms with Crippen molar-refractivity contribution in [2.75, 3.05) is 16.4 Å². The van der Waals surface area contributed by atoms with E-state index in [-0.39, 0.29) is 11.8 Å². The molecule has 32 heavy (non-hydrogen) atoms. The molecule has 7 N–H and O–H groups in total. The molecule has 0 unspecified atom stereocenters. The minimum absolute atomic E-state index is 0.191. The lowest BCUT2D eigenvalue weighted by Crippen LogP contribution is -2.33. The van der Waals surface area contributed by atoms with Crippen LogP contribution in [-0.2, 0) is 6.54 Å². The van der Waals surface area contributed by atoms with Crippen LogP contribution in [0.3, 0.4) is 0 Å². The lowest BCUT2D eigenvalue weighted by molar-refractivity contribution is 0.410. The lowest BCUT2D eigenvalue weighted by atomic mass is 9.92. The Balaban J connectivity index is 1.66. The summed E-state index contributed by atoms with van der Waals surface area (Å²) >= 11 is 0. The van der Waals surface area contributed by atoms with Gasteiger partial charge in [-0.15, -0.1) is 0 Å². The average Bonchev–Trinajstić information content (AvgIpc) is 3.21. The summed E-state index contributed by atoms with van der Waals surface area (Å²) in [7, 11) is 0. The van der Waals surface area contributed by atoms with Crippen LogP contribution in [0.15, 0.2) is 24.5 Å². The summed E-state index contributed by atoms with van der Waals surface area (Å²) in [4.78, 5) is 14.2. The van der Waals surface area contributed by atoms with Crippen LogP contribution in [-0.4, -0.2) is 36.7 Å². The Bertz CT molecular complexity index is 1050. The highest BCUT2D eigenvalue weighted by Crippen LogP contribution is 2.29. The van der Waals surface area contributed by atoms with Gasteiger partial charge in [-0.25, -0.2) is 4.98 Å². The van der Waals surface area contributed by atoms with Crippen molar-refractivity contribution in [3.63, 3.8) is 0 Å². The van der Waals surface area contributed by atoms with E-state index in [4.69, 9.17) is 21.4 Å². The fraction of sp³-hybridized carbons (Fsp3) is 0.522. The Morgan fingerprint density at radius 3 is 2.62 bits per heavy atom. The number of hydrogen-bond acceptors (Lipinski definition) is 8. The number of nitrogens with two attached hydrogens (primary N) is 2. The van der Waals surface area contributed by atoms with E-state index >= 15 is 0 Å². The maximum atomic E-state index is 10.2. The summed E-state index contributed by atoms with van der Waals surface area (Å²) in [6.45, 7) is 4.72. The molecule has 9 heteroatoms. The molecule has 3 aromatic rings. The van der Waals surface area contributed by atoms with E-state index in [1.54, 1.807) is 18.2 Å². The Labute approximate surface area is 188 Å². The van der Waals surface area contributed by atoms with Crippen LogP contribution in [0.4, 0.5) is 17.5 Å². The first kappa shape index (κ1) is 22.1. The molecule has 0 radical (unpaired) electrons. The van der Waals surface area contributed by atoms with E-state index in [1.165, 1.54) is 0 Å². The Morgan fingerprint density at radius 2 is 1.91 bits per heavy atom. The molecule has 0 spiro atoms. The first-order chi connectivity index (χ1) is 15.5. The quantitative estimate of drug-likeness (QED) is 0.264. The zero-order chi connectivity index (χ0) is 22.7. The van der Waals surface area contributed by atoms with Gasteiger partial charge in [-0.1, -0.05) is 13.8 Å². The molecule has 172 valence electrons. The van der Waals surface area contributed by atoms with Crippen molar-refractivity contribution < 1.29 is 5.11 Å². The SMILES string of the molecule is CCC(CC)n1cnc2c(NCc3cc(N)ccc3O)nc(NC3CCC(N)CC3)nc21. The van der Waals surface area contributed by atoms with Gasteiger partial charge >= 0.3 is 0 Å². The monoisotopic (exact) mass is 438 g/mol. The smallest absolute Gasteiger partial charge is 0.227 e. The second-order valence-electron chi connectivity index (χ2n) is 8.69. The van der Waals surface area contributed by atoms with E-state index in [9.17, 15) is 5.11 Å². The van der Waals surface area contributed by atoms with Crippen molar-refractivity contribution in [2.45, 2.75) is 77.0 Å². The van der Waals surface area contributed by atoms with Gasteiger partial charge in [0.2, 0.25) is 5.95 Å². The molecule has 1 fully saturated rings. The van der Waals surface area contributed by atoms with E-state index in [0.29, 0.717) is 41.6 Å². The second kappa shape index (κ2) is 9.60. The predicted octanol–water partition coefficient (Wildman–Crippen LogP) is 3.77. The number of fused-ring (bicyclic) bond motifs is 1. The van der Waals surface area contributed by atoms with Crippen LogP contribution in [0.5, 0.6) is 5.75 Å². The minimum atomic E-state index is 0.191. The van der Waals surface area contributed by atoms with Gasteiger partial charge in [0.1, 0.15) is 5.75 Å². The number of aromatic nitrogens is 4. The van der Waals surface area contributed by atoms with Gasteiger partial charge in [0.25, 0.3) is 0 Å². The normalized spacial score (nSPS) is 18.9. The number of anilines is 3. The number of benzene rings is 1. The van der Waals surface area contributed by atoms with Crippen molar-refractivity contribution in [3.05, 3.63) is 30.1 Å². The number of nitrogens with zero attached hydrogens (tertiary/aromatic N) is 4. The number of imidazole rings is 1. The van der Waals surface area contributed by atoms with E-state index < -0.39 is 0 Å². The number of phenolic OH excluding ortho intramolecular Hbond substituents is 1. The van der Waals surface area contributed by atoms with Crippen LogP contribution in [0.1, 0.15) is 64.0 Å². The number of aromatic hydroxyl groups is 1. The van der Waals surface area contributed by atoms with Crippen LogP contribution in [0.2, 0.25) is 0 Å². The summed E-state index contributed by atoms with van der Waals surface area (Å²) < 4.78 is 2.14. The highest BCUT2D eigenvalue weighted by atomic mass is 16.3. The molecule has 4 rings (SSSR count). The van der Waals surface area contributed by atoms with Crippen molar-refractivity contribution in [3.8, 4) is 5.75 Å². The van der Waals surface area contributed by atoms with Gasteiger partial charge in [-0.05, 0) is 56.7 Å². The fourth-order valence-corrected chi connectivity index (χ4v) is 4.43. The van der Waals surface area contributed by atoms with Crippen molar-refractivity contribution >= 4 is 28.6 Å². The molecule has 0 atom stereocenters. The highest BCUT2D eigenvalue weighted by Gasteiger charge is 2.22. The fourth-order valence-electron chi connectivity index (χ4n) is 4.43. The minimum Gasteiger partial charge on any atom is -0.508 e. The maximum absolute atomic E-state index is 10.2. The van der Waals surface area contributed by atoms with Gasteiger partial charge in [-0.3, -0.25) is 0 Å². The molecule has 9 nitrogen and oxygen atoms in total. The Kier molecular flexibility index (Phi) is 6.64. The predicted molar refractivity (Wildman–Crippen MR) is 129 cm³/mol. The number of hydrogen-bond donors (Lipinski definition) is 5. The molecule has 1 aliphatic carbocycles. The van der Waals surface area contributed by atoms with E-state index in [0.717, 1.165) is 49.7 Å². The average molecular weight is 439 g/mol. The third kappa shape index (κ3) is 4.72. The van der Waals surface area contributed by atoms with Crippen LogP contribution in [0, 0.1) is 0 Å². The molecule has 0 aliphatic heterocycles. The standard InChI is InChI=1S/C23H34N8O/c1-3-18(4-2)31-13-27-20-21(26-12-14-11-16(25)7-10-19(14)32)29-23(30-22(20)31)28-17-8-5-15(24)6-9-17/h7,10-11,13,15,17-18,32H,3-6,8-9,12,24-25H2,1-2H3,(H2,26,28,29,30). The van der Waals surface area contributed by atoms with Crippen LogP contribution in [0.25, 0.3) is 11.2 Å². The highest BCUT2D eigenvalue weighted by molar-refractivity contribution is 5.84. The van der Waals surface area contributed by atoms with Gasteiger partial charge < -0.3 is 31.8 Å². The summed E-state index contributed by atoms with van der Waals surface area (Å²) in [6.07, 6.45) is 7.87. The molecule has 1 aliphatic rings. The molecular formula is C23H34N8O. The Hall–Kier alpha value is -3.07. The molecule has 2 heterocycles. The third-order valence-electron chi connectivity index (χ3n) is 6.41. The van der Waals surface area contributed by atoms with Gasteiger partial charge in [0, 0.05) is 35.9 Å². The number of rotatable bonds is 8. The summed E-state index contributed by atoms with van der Waals surface area (Å²) in [5.41, 5.74) is 14.8. The zero-order valence-electron chi connectivity index (χ0n) is 18.9. The first-order valence-electron chi connectivity index (χ1n) is 11.6.